The number of hydrogen-bond acceptors (Lipinski definition) is 5. The monoisotopic (exact) mass is 399 g/mol. The SMILES string of the molecule is CC(=O)Nc1ccc(S(=O)(=O)N2CCC(c3nnc4ccccn34)CC2)cc1. The van der Waals surface area contributed by atoms with Gasteiger partial charge in [0.1, 0.15) is 5.82 Å². The summed E-state index contributed by atoms with van der Waals surface area (Å²) in [5.41, 5.74) is 1.37. The molecule has 0 unspecified atom stereocenters. The Balaban J connectivity index is 1.47. The summed E-state index contributed by atoms with van der Waals surface area (Å²) < 4.78 is 29.3. The van der Waals surface area contributed by atoms with Gasteiger partial charge in [0, 0.05) is 37.8 Å². The van der Waals surface area contributed by atoms with Crippen LogP contribution in [0, 0.1) is 0 Å². The van der Waals surface area contributed by atoms with Gasteiger partial charge in [-0.25, -0.2) is 8.42 Å². The van der Waals surface area contributed by atoms with Crippen LogP contribution in [0.3, 0.4) is 0 Å². The van der Waals surface area contributed by atoms with Crippen LogP contribution < -0.4 is 5.32 Å². The van der Waals surface area contributed by atoms with E-state index in [0.717, 1.165) is 11.5 Å². The number of benzene rings is 1. The zero-order valence-electron chi connectivity index (χ0n) is 15.4. The maximum atomic E-state index is 12.9. The van der Waals surface area contributed by atoms with Crippen molar-refractivity contribution in [3.63, 3.8) is 0 Å². The Labute approximate surface area is 163 Å². The minimum atomic E-state index is -3.56. The van der Waals surface area contributed by atoms with Gasteiger partial charge in [-0.15, -0.1) is 10.2 Å². The molecule has 1 saturated heterocycles. The molecule has 1 aliphatic heterocycles. The number of fused-ring (bicyclic) bond motifs is 1. The minimum absolute atomic E-state index is 0.172. The fourth-order valence-corrected chi connectivity index (χ4v) is 5.02. The molecule has 9 heteroatoms. The second-order valence-electron chi connectivity index (χ2n) is 6.87. The predicted octanol–water partition coefficient (Wildman–Crippen LogP) is 2.26. The summed E-state index contributed by atoms with van der Waals surface area (Å²) in [4.78, 5) is 11.3. The highest BCUT2D eigenvalue weighted by atomic mass is 32.2. The zero-order valence-corrected chi connectivity index (χ0v) is 16.3. The molecule has 4 rings (SSSR count). The smallest absolute Gasteiger partial charge is 0.243 e. The van der Waals surface area contributed by atoms with Gasteiger partial charge in [0.15, 0.2) is 5.65 Å². The number of pyridine rings is 1. The van der Waals surface area contributed by atoms with Crippen molar-refractivity contribution in [2.75, 3.05) is 18.4 Å². The third-order valence-corrected chi connectivity index (χ3v) is 6.88. The lowest BCUT2D eigenvalue weighted by Gasteiger charge is -2.30. The van der Waals surface area contributed by atoms with Gasteiger partial charge in [0.05, 0.1) is 4.90 Å². The molecule has 1 amide bonds. The number of anilines is 1. The molecule has 0 spiro atoms. The summed E-state index contributed by atoms with van der Waals surface area (Å²) in [5.74, 6) is 0.858. The van der Waals surface area contributed by atoms with E-state index in [4.69, 9.17) is 0 Å². The second-order valence-corrected chi connectivity index (χ2v) is 8.81. The maximum absolute atomic E-state index is 12.9. The summed E-state index contributed by atoms with van der Waals surface area (Å²) in [6.45, 7) is 2.28. The highest BCUT2D eigenvalue weighted by molar-refractivity contribution is 7.89. The number of hydrogen-bond donors (Lipinski definition) is 1. The van der Waals surface area contributed by atoms with Crippen LogP contribution in [0.2, 0.25) is 0 Å². The highest BCUT2D eigenvalue weighted by Gasteiger charge is 2.31. The molecule has 1 aliphatic rings. The summed E-state index contributed by atoms with van der Waals surface area (Å²) in [5, 5.41) is 11.1. The Bertz CT molecular complexity index is 1100. The molecule has 0 atom stereocenters. The van der Waals surface area contributed by atoms with Crippen LogP contribution >= 0.6 is 0 Å². The molecule has 0 saturated carbocycles. The summed E-state index contributed by atoms with van der Waals surface area (Å²) in [6, 6.07) is 12.0. The summed E-state index contributed by atoms with van der Waals surface area (Å²) in [7, 11) is -3.56. The first-order valence-corrected chi connectivity index (χ1v) is 10.6. The average Bonchev–Trinajstić information content (AvgIpc) is 3.12. The molecule has 3 aromatic rings. The number of sulfonamides is 1. The molecule has 2 aromatic heterocycles. The number of piperidine rings is 1. The maximum Gasteiger partial charge on any atom is 0.243 e. The first kappa shape index (κ1) is 18.6. The Morgan fingerprint density at radius 2 is 1.79 bits per heavy atom. The van der Waals surface area contributed by atoms with E-state index in [0.29, 0.717) is 31.6 Å². The highest BCUT2D eigenvalue weighted by Crippen LogP contribution is 2.30. The molecular weight excluding hydrogens is 378 g/mol. The average molecular weight is 399 g/mol. The van der Waals surface area contributed by atoms with Gasteiger partial charge in [0.2, 0.25) is 15.9 Å². The van der Waals surface area contributed by atoms with Crippen molar-refractivity contribution in [1.29, 1.82) is 0 Å². The van der Waals surface area contributed by atoms with Gasteiger partial charge < -0.3 is 5.32 Å². The van der Waals surface area contributed by atoms with Gasteiger partial charge in [-0.1, -0.05) is 6.07 Å². The normalized spacial score (nSPS) is 16.3. The Morgan fingerprint density at radius 3 is 2.46 bits per heavy atom. The van der Waals surface area contributed by atoms with Gasteiger partial charge in [0.25, 0.3) is 0 Å². The van der Waals surface area contributed by atoms with E-state index in [9.17, 15) is 13.2 Å². The van der Waals surface area contributed by atoms with Crippen LogP contribution in [0.5, 0.6) is 0 Å². The van der Waals surface area contributed by atoms with E-state index in [2.05, 4.69) is 15.5 Å². The van der Waals surface area contributed by atoms with Crippen LogP contribution in [-0.4, -0.2) is 46.3 Å². The molecule has 3 heterocycles. The number of rotatable bonds is 4. The molecule has 1 aromatic carbocycles. The van der Waals surface area contributed by atoms with Crippen LogP contribution in [-0.2, 0) is 14.8 Å². The van der Waals surface area contributed by atoms with Crippen molar-refractivity contribution >= 4 is 27.3 Å². The topological polar surface area (TPSA) is 96.7 Å². The molecule has 8 nitrogen and oxygen atoms in total. The molecule has 28 heavy (non-hydrogen) atoms. The molecule has 0 radical (unpaired) electrons. The minimum Gasteiger partial charge on any atom is -0.326 e. The lowest BCUT2D eigenvalue weighted by Crippen LogP contribution is -2.38. The largest absolute Gasteiger partial charge is 0.326 e. The fourth-order valence-electron chi connectivity index (χ4n) is 3.56. The predicted molar refractivity (Wildman–Crippen MR) is 104 cm³/mol. The van der Waals surface area contributed by atoms with Crippen molar-refractivity contribution in [3.8, 4) is 0 Å². The number of carbonyl (C=O) groups is 1. The first-order valence-electron chi connectivity index (χ1n) is 9.12. The van der Waals surface area contributed by atoms with Gasteiger partial charge in [-0.3, -0.25) is 9.20 Å². The first-order chi connectivity index (χ1) is 13.4. The second kappa shape index (κ2) is 7.33. The van der Waals surface area contributed by atoms with Crippen molar-refractivity contribution in [3.05, 3.63) is 54.5 Å². The standard InChI is InChI=1S/C19H21N5O3S/c1-14(25)20-16-5-7-17(8-6-16)28(26,27)23-12-9-15(10-13-23)19-22-21-18-4-2-3-11-24(18)19/h2-8,11,15H,9-10,12-13H2,1H3,(H,20,25). The third-order valence-electron chi connectivity index (χ3n) is 4.97. The van der Waals surface area contributed by atoms with E-state index in [1.807, 2.05) is 28.8 Å². The van der Waals surface area contributed by atoms with Crippen LogP contribution in [0.25, 0.3) is 5.65 Å². The van der Waals surface area contributed by atoms with E-state index in [1.165, 1.54) is 23.4 Å². The number of amides is 1. The molecule has 0 aliphatic carbocycles. The van der Waals surface area contributed by atoms with Gasteiger partial charge in [-0.2, -0.15) is 4.31 Å². The van der Waals surface area contributed by atoms with Crippen molar-refractivity contribution in [2.24, 2.45) is 0 Å². The molecule has 0 bridgehead atoms. The van der Waals surface area contributed by atoms with E-state index in [1.54, 1.807) is 12.1 Å². The lowest BCUT2D eigenvalue weighted by atomic mass is 9.97. The number of carbonyl (C=O) groups excluding carboxylic acids is 1. The van der Waals surface area contributed by atoms with Crippen molar-refractivity contribution in [1.82, 2.24) is 18.9 Å². The van der Waals surface area contributed by atoms with Crippen LogP contribution in [0.4, 0.5) is 5.69 Å². The van der Waals surface area contributed by atoms with E-state index in [-0.39, 0.29) is 16.7 Å². The van der Waals surface area contributed by atoms with Crippen molar-refractivity contribution < 1.29 is 13.2 Å². The summed E-state index contributed by atoms with van der Waals surface area (Å²) >= 11 is 0. The zero-order chi connectivity index (χ0) is 19.7. The Kier molecular flexibility index (Phi) is 4.86. The van der Waals surface area contributed by atoms with Crippen LogP contribution in [0.1, 0.15) is 31.5 Å². The van der Waals surface area contributed by atoms with Gasteiger partial charge in [-0.05, 0) is 49.2 Å². The molecule has 1 N–H and O–H groups in total. The third kappa shape index (κ3) is 3.50. The Hall–Kier alpha value is -2.78. The number of aromatic nitrogens is 3. The Morgan fingerprint density at radius 1 is 1.07 bits per heavy atom. The number of nitrogens with one attached hydrogen (secondary N) is 1. The number of nitrogens with zero attached hydrogens (tertiary/aromatic N) is 4. The summed E-state index contributed by atoms with van der Waals surface area (Å²) in [6.07, 6.45) is 3.32. The van der Waals surface area contributed by atoms with Crippen molar-refractivity contribution in [2.45, 2.75) is 30.6 Å². The quantitative estimate of drug-likeness (QED) is 0.726. The van der Waals surface area contributed by atoms with E-state index < -0.39 is 10.0 Å². The fraction of sp³-hybridized carbons (Fsp3) is 0.316. The molecule has 146 valence electrons. The lowest BCUT2D eigenvalue weighted by molar-refractivity contribution is -0.114. The molecule has 1 fully saturated rings. The van der Waals surface area contributed by atoms with Gasteiger partial charge >= 0.3 is 0 Å². The van der Waals surface area contributed by atoms with E-state index >= 15 is 0 Å². The molecular formula is C19H21N5O3S. The van der Waals surface area contributed by atoms with Crippen LogP contribution in [0.15, 0.2) is 53.6 Å².